The van der Waals surface area contributed by atoms with Crippen LogP contribution in [0.1, 0.15) is 38.4 Å². The molecule has 0 aromatic carbocycles. The molecule has 0 saturated carbocycles. The number of aliphatic carboxylic acids is 1. The first-order valence-corrected chi connectivity index (χ1v) is 6.55. The zero-order valence-corrected chi connectivity index (χ0v) is 11.0. The van der Waals surface area contributed by atoms with Gasteiger partial charge in [0.2, 0.25) is 0 Å². The van der Waals surface area contributed by atoms with Crippen LogP contribution < -0.4 is 0 Å². The van der Waals surface area contributed by atoms with Gasteiger partial charge in [0, 0.05) is 18.8 Å². The Hall–Kier alpha value is -1.36. The van der Waals surface area contributed by atoms with E-state index in [2.05, 4.69) is 23.8 Å². The predicted octanol–water partition coefficient (Wildman–Crippen LogP) is 1.76. The highest BCUT2D eigenvalue weighted by Gasteiger charge is 2.24. The molecule has 0 radical (unpaired) electrons. The van der Waals surface area contributed by atoms with Crippen LogP contribution in [-0.4, -0.2) is 38.8 Å². The summed E-state index contributed by atoms with van der Waals surface area (Å²) < 4.78 is 1.96. The van der Waals surface area contributed by atoms with Gasteiger partial charge >= 0.3 is 5.97 Å². The van der Waals surface area contributed by atoms with Gasteiger partial charge in [-0.2, -0.15) is 5.10 Å². The van der Waals surface area contributed by atoms with Gasteiger partial charge in [-0.3, -0.25) is 14.4 Å². The lowest BCUT2D eigenvalue weighted by Crippen LogP contribution is -2.35. The van der Waals surface area contributed by atoms with Crippen molar-refractivity contribution in [3.63, 3.8) is 0 Å². The fourth-order valence-electron chi connectivity index (χ4n) is 2.32. The van der Waals surface area contributed by atoms with Crippen LogP contribution >= 0.6 is 0 Å². The normalized spacial score (nSPS) is 18.4. The third kappa shape index (κ3) is 3.10. The number of hydrogen-bond acceptors (Lipinski definition) is 3. The Bertz CT molecular complexity index is 406. The van der Waals surface area contributed by atoms with E-state index in [4.69, 9.17) is 5.11 Å². The highest BCUT2D eigenvalue weighted by Crippen LogP contribution is 2.18. The molecular weight excluding hydrogens is 230 g/mol. The minimum atomic E-state index is -0.654. The monoisotopic (exact) mass is 251 g/mol. The highest BCUT2D eigenvalue weighted by molar-refractivity contribution is 5.70. The van der Waals surface area contributed by atoms with Gasteiger partial charge in [0.05, 0.1) is 11.6 Å². The number of carboxylic acid groups (broad SMARTS) is 1. The smallest absolute Gasteiger partial charge is 0.306 e. The van der Waals surface area contributed by atoms with Crippen LogP contribution in [0, 0.1) is 5.92 Å². The van der Waals surface area contributed by atoms with Crippen molar-refractivity contribution >= 4 is 5.97 Å². The minimum absolute atomic E-state index is 0.158. The van der Waals surface area contributed by atoms with Gasteiger partial charge in [0.25, 0.3) is 0 Å². The van der Waals surface area contributed by atoms with Crippen molar-refractivity contribution in [3.8, 4) is 0 Å². The van der Waals surface area contributed by atoms with E-state index in [0.717, 1.165) is 38.2 Å². The second-order valence-corrected chi connectivity index (χ2v) is 5.27. The maximum atomic E-state index is 10.9. The van der Waals surface area contributed by atoms with Crippen LogP contribution in [0.3, 0.4) is 0 Å². The zero-order chi connectivity index (χ0) is 13.1. The molecule has 1 aromatic heterocycles. The summed E-state index contributed by atoms with van der Waals surface area (Å²) >= 11 is 0. The van der Waals surface area contributed by atoms with Crippen LogP contribution in [0.2, 0.25) is 0 Å². The summed E-state index contributed by atoms with van der Waals surface area (Å²) in [5, 5.41) is 13.5. The summed E-state index contributed by atoms with van der Waals surface area (Å²) in [5.41, 5.74) is 1.07. The second kappa shape index (κ2) is 5.52. The standard InChI is InChI=1S/C13H21N3O2/c1-10(2)16-8-5-12(14-16)9-15-6-3-11(4-7-15)13(17)18/h5,8,10-11H,3-4,6-7,9H2,1-2H3,(H,17,18). The number of hydrogen-bond donors (Lipinski definition) is 1. The molecular formula is C13H21N3O2. The van der Waals surface area contributed by atoms with Crippen molar-refractivity contribution in [2.45, 2.75) is 39.3 Å². The number of nitrogens with zero attached hydrogens (tertiary/aromatic N) is 3. The molecule has 0 atom stereocenters. The summed E-state index contributed by atoms with van der Waals surface area (Å²) in [6, 6.07) is 2.43. The quantitative estimate of drug-likeness (QED) is 0.886. The molecule has 0 bridgehead atoms. The van der Waals surface area contributed by atoms with Gasteiger partial charge in [-0.1, -0.05) is 0 Å². The fourth-order valence-corrected chi connectivity index (χ4v) is 2.32. The maximum absolute atomic E-state index is 10.9. The van der Waals surface area contributed by atoms with Gasteiger partial charge in [-0.05, 0) is 45.8 Å². The van der Waals surface area contributed by atoms with Crippen molar-refractivity contribution in [1.82, 2.24) is 14.7 Å². The van der Waals surface area contributed by atoms with E-state index in [1.54, 1.807) is 0 Å². The van der Waals surface area contributed by atoms with Gasteiger partial charge in [-0.25, -0.2) is 0 Å². The molecule has 1 aliphatic heterocycles. The van der Waals surface area contributed by atoms with Gasteiger partial charge in [-0.15, -0.1) is 0 Å². The van der Waals surface area contributed by atoms with E-state index in [1.165, 1.54) is 0 Å². The van der Waals surface area contributed by atoms with Crippen molar-refractivity contribution < 1.29 is 9.90 Å². The van der Waals surface area contributed by atoms with Crippen LogP contribution in [0.15, 0.2) is 12.3 Å². The van der Waals surface area contributed by atoms with Gasteiger partial charge in [0.15, 0.2) is 0 Å². The molecule has 100 valence electrons. The van der Waals surface area contributed by atoms with Gasteiger partial charge < -0.3 is 5.11 Å². The van der Waals surface area contributed by atoms with E-state index >= 15 is 0 Å². The van der Waals surface area contributed by atoms with Crippen LogP contribution in [0.5, 0.6) is 0 Å². The van der Waals surface area contributed by atoms with Crippen molar-refractivity contribution in [2.75, 3.05) is 13.1 Å². The number of carbonyl (C=O) groups is 1. The molecule has 5 heteroatoms. The topological polar surface area (TPSA) is 58.4 Å². The molecule has 0 unspecified atom stereocenters. The van der Waals surface area contributed by atoms with Crippen LogP contribution in [-0.2, 0) is 11.3 Å². The third-order valence-electron chi connectivity index (χ3n) is 3.52. The minimum Gasteiger partial charge on any atom is -0.481 e. The average Bonchev–Trinajstić information content (AvgIpc) is 2.78. The van der Waals surface area contributed by atoms with Crippen molar-refractivity contribution in [3.05, 3.63) is 18.0 Å². The molecule has 1 aliphatic rings. The first kappa shape index (κ1) is 13.1. The maximum Gasteiger partial charge on any atom is 0.306 e. The Morgan fingerprint density at radius 3 is 2.67 bits per heavy atom. The number of likely N-dealkylation sites (tertiary alicyclic amines) is 1. The molecule has 2 heterocycles. The van der Waals surface area contributed by atoms with E-state index in [0.29, 0.717) is 6.04 Å². The Morgan fingerprint density at radius 2 is 2.17 bits per heavy atom. The Morgan fingerprint density at radius 1 is 1.50 bits per heavy atom. The molecule has 1 aromatic rings. The number of carboxylic acids is 1. The molecule has 5 nitrogen and oxygen atoms in total. The Kier molecular flexibility index (Phi) is 4.01. The number of piperidine rings is 1. The first-order valence-electron chi connectivity index (χ1n) is 6.55. The zero-order valence-electron chi connectivity index (χ0n) is 11.0. The molecule has 0 spiro atoms. The highest BCUT2D eigenvalue weighted by atomic mass is 16.4. The number of aromatic nitrogens is 2. The Balaban J connectivity index is 1.85. The van der Waals surface area contributed by atoms with E-state index in [1.807, 2.05) is 16.9 Å². The van der Waals surface area contributed by atoms with Crippen LogP contribution in [0.25, 0.3) is 0 Å². The summed E-state index contributed by atoms with van der Waals surface area (Å²) in [7, 11) is 0. The molecule has 2 rings (SSSR count). The molecule has 18 heavy (non-hydrogen) atoms. The average molecular weight is 251 g/mol. The fraction of sp³-hybridized carbons (Fsp3) is 0.692. The third-order valence-corrected chi connectivity index (χ3v) is 3.52. The summed E-state index contributed by atoms with van der Waals surface area (Å²) in [4.78, 5) is 13.1. The largest absolute Gasteiger partial charge is 0.481 e. The van der Waals surface area contributed by atoms with E-state index in [-0.39, 0.29) is 5.92 Å². The molecule has 0 aliphatic carbocycles. The lowest BCUT2D eigenvalue weighted by atomic mass is 9.97. The first-order chi connectivity index (χ1) is 8.56. The van der Waals surface area contributed by atoms with Gasteiger partial charge in [0.1, 0.15) is 0 Å². The molecule has 0 amide bonds. The lowest BCUT2D eigenvalue weighted by Gasteiger charge is -2.29. The van der Waals surface area contributed by atoms with E-state index in [9.17, 15) is 4.79 Å². The van der Waals surface area contributed by atoms with Crippen molar-refractivity contribution in [1.29, 1.82) is 0 Å². The van der Waals surface area contributed by atoms with E-state index < -0.39 is 5.97 Å². The van der Waals surface area contributed by atoms with Crippen LogP contribution in [0.4, 0.5) is 0 Å². The molecule has 1 fully saturated rings. The van der Waals surface area contributed by atoms with Crippen molar-refractivity contribution in [2.24, 2.45) is 5.92 Å². The predicted molar refractivity (Wildman–Crippen MR) is 68.2 cm³/mol. The number of rotatable bonds is 4. The lowest BCUT2D eigenvalue weighted by molar-refractivity contribution is -0.143. The summed E-state index contributed by atoms with van der Waals surface area (Å²) in [6.07, 6.45) is 3.50. The molecule has 1 N–H and O–H groups in total. The SMILES string of the molecule is CC(C)n1ccc(CN2CCC(C(=O)O)CC2)n1. The molecule has 1 saturated heterocycles. The summed E-state index contributed by atoms with van der Waals surface area (Å²) in [6.45, 7) is 6.74. The second-order valence-electron chi connectivity index (χ2n) is 5.27. The Labute approximate surface area is 107 Å². The summed E-state index contributed by atoms with van der Waals surface area (Å²) in [5.74, 6) is -0.812.